The standard InChI is InChI=1S/C62H56N4O.Pt/c1-40-32-33-63-55(34-40)66-54-38-46(28-29-47(54)48-30-31-51-56(58(48)66)61(7,8)62(9,10)60(51,5)6)67-45-25-19-24-44(37-45)64-39-65(53-27-18-17-26-52(53)64)57-49(41-20-13-11-14-21-41)35-43(59(2,3)4)36-50(57)42-22-15-12-16-23-42;/h11-36H,1-10H3;/q-2;/i11D,12D,13D,14D,15D,16D,20D,21D,22D,23D;. The third-order valence-corrected chi connectivity index (χ3v) is 16.0. The van der Waals surface area contributed by atoms with Crippen molar-refractivity contribution >= 4 is 32.8 Å². The first-order chi connectivity index (χ1) is 36.6. The van der Waals surface area contributed by atoms with Crippen LogP contribution in [0.2, 0.25) is 0 Å². The second-order valence-electron chi connectivity index (χ2n) is 20.4. The zero-order valence-corrected chi connectivity index (χ0v) is 42.0. The Kier molecular flexibility index (Phi) is 7.84. The SMILES string of the molecule is [2H]c1c([2H])c([2H])c(-c2cc(C(C)(C)C)cc(-c3c([2H])c([2H])c([2H])c([2H])c3[2H])c2-n2[c](=[Pt])n(-c3[c-]c(Oc4[c-]c5c(cc4)c4ccc6c(c4n5-c4cc(C)ccn4)C(C)(C)C(C)(C)C6(C)C)ccc3)c3ccccc32)c([2H])c1[2H]. The average Bonchev–Trinajstić information content (AvgIpc) is 3.51. The number of aryl methyl sites for hydroxylation is 1. The van der Waals surface area contributed by atoms with Gasteiger partial charge < -0.3 is 0 Å². The molecule has 3 heterocycles. The van der Waals surface area contributed by atoms with E-state index >= 15 is 0 Å². The molecule has 0 amide bonds. The number of hydrogen-bond donors (Lipinski definition) is 0. The molecule has 0 N–H and O–H groups in total. The van der Waals surface area contributed by atoms with Crippen LogP contribution in [0.4, 0.5) is 0 Å². The van der Waals surface area contributed by atoms with Gasteiger partial charge in [-0.1, -0.05) is 47.6 Å². The van der Waals surface area contributed by atoms with Crippen molar-refractivity contribution in [2.45, 2.75) is 85.5 Å². The molecule has 342 valence electrons. The number of hydrogen-bond acceptors (Lipinski definition) is 2. The molecule has 0 saturated heterocycles. The van der Waals surface area contributed by atoms with Gasteiger partial charge in [-0.05, 0) is 40.4 Å². The Balaban J connectivity index is 1.14. The van der Waals surface area contributed by atoms with Crippen molar-refractivity contribution in [3.63, 3.8) is 0 Å². The van der Waals surface area contributed by atoms with Gasteiger partial charge in [0, 0.05) is 6.20 Å². The van der Waals surface area contributed by atoms with E-state index < -0.39 is 65.8 Å². The summed E-state index contributed by atoms with van der Waals surface area (Å²) in [6.07, 6.45) is 1.84. The van der Waals surface area contributed by atoms with Gasteiger partial charge in [0.25, 0.3) is 0 Å². The van der Waals surface area contributed by atoms with Crippen molar-refractivity contribution in [1.29, 1.82) is 0 Å². The Morgan fingerprint density at radius 2 is 1.26 bits per heavy atom. The van der Waals surface area contributed by atoms with Gasteiger partial charge in [0.15, 0.2) is 0 Å². The van der Waals surface area contributed by atoms with E-state index in [4.69, 9.17) is 17.9 Å². The third kappa shape index (κ3) is 6.67. The van der Waals surface area contributed by atoms with Crippen LogP contribution in [0.15, 0.2) is 158 Å². The number of pyridine rings is 1. The predicted molar refractivity (Wildman–Crippen MR) is 276 cm³/mol. The minimum atomic E-state index is -0.634. The van der Waals surface area contributed by atoms with Gasteiger partial charge in [-0.3, -0.25) is 0 Å². The number of aromatic nitrogens is 4. The van der Waals surface area contributed by atoms with Crippen molar-refractivity contribution in [1.82, 2.24) is 18.7 Å². The zero-order valence-electron chi connectivity index (χ0n) is 49.8. The molecule has 3 aromatic heterocycles. The number of imidazole rings is 1. The molecule has 7 aromatic carbocycles. The van der Waals surface area contributed by atoms with Gasteiger partial charge in [0.05, 0.1) is 0 Å². The van der Waals surface area contributed by atoms with E-state index in [2.05, 4.69) is 109 Å². The molecular formula is C62H56N4OPt-2. The van der Waals surface area contributed by atoms with Crippen LogP contribution in [0, 0.1) is 28.3 Å². The Bertz CT molecular complexity index is 4160. The summed E-state index contributed by atoms with van der Waals surface area (Å²) in [7, 11) is 0. The molecule has 1 aliphatic rings. The van der Waals surface area contributed by atoms with E-state index in [1.807, 2.05) is 90.7 Å². The molecule has 0 unspecified atom stereocenters. The molecule has 0 saturated carbocycles. The fourth-order valence-corrected chi connectivity index (χ4v) is 11.4. The summed E-state index contributed by atoms with van der Waals surface area (Å²) in [4.78, 5) is 4.95. The second-order valence-corrected chi connectivity index (χ2v) is 21.5. The first-order valence-corrected chi connectivity index (χ1v) is 23.9. The van der Waals surface area contributed by atoms with Crippen LogP contribution in [0.25, 0.3) is 72.3 Å². The van der Waals surface area contributed by atoms with Crippen molar-refractivity contribution in [2.24, 2.45) is 5.41 Å². The summed E-state index contributed by atoms with van der Waals surface area (Å²) in [6.45, 7) is 22.1. The summed E-state index contributed by atoms with van der Waals surface area (Å²) in [5, 5.41) is 2.11. The Morgan fingerprint density at radius 1 is 0.647 bits per heavy atom. The summed E-state index contributed by atoms with van der Waals surface area (Å²) >= 11 is 2.18. The molecule has 0 spiro atoms. The van der Waals surface area contributed by atoms with E-state index in [1.165, 1.54) is 11.1 Å². The fraction of sp³-hybridized carbons (Fsp3) is 0.226. The maximum absolute atomic E-state index is 9.32. The molecule has 1 aliphatic carbocycles. The van der Waals surface area contributed by atoms with E-state index in [0.29, 0.717) is 37.6 Å². The molecule has 0 radical (unpaired) electrons. The quantitative estimate of drug-likeness (QED) is 0.149. The molecule has 0 bridgehead atoms. The minimum absolute atomic E-state index is 0.0882. The van der Waals surface area contributed by atoms with Crippen LogP contribution in [0.5, 0.6) is 11.5 Å². The van der Waals surface area contributed by atoms with Crippen LogP contribution < -0.4 is 4.74 Å². The van der Waals surface area contributed by atoms with E-state index in [1.54, 1.807) is 12.1 Å². The topological polar surface area (TPSA) is 36.9 Å². The molecule has 10 aromatic rings. The van der Waals surface area contributed by atoms with Gasteiger partial charge in [-0.15, -0.1) is 0 Å². The normalized spacial score (nSPS) is 17.1. The first-order valence-electron chi connectivity index (χ1n) is 27.8. The average molecular weight is 1080 g/mol. The van der Waals surface area contributed by atoms with Crippen LogP contribution in [-0.4, -0.2) is 18.7 Å². The molecular weight excluding hydrogens is 1010 g/mol. The molecule has 0 aliphatic heterocycles. The number of fused-ring (bicyclic) bond motifs is 6. The number of rotatable bonds is 7. The molecule has 6 heteroatoms. The molecule has 11 rings (SSSR count). The maximum atomic E-state index is 9.32. The van der Waals surface area contributed by atoms with Gasteiger partial charge in [-0.25, -0.2) is 0 Å². The number of benzene rings is 7. The van der Waals surface area contributed by atoms with E-state index in [0.717, 1.165) is 33.2 Å². The Labute approximate surface area is 425 Å². The number of ether oxygens (including phenoxy) is 1. The molecule has 0 atom stereocenters. The van der Waals surface area contributed by atoms with Gasteiger partial charge in [0.1, 0.15) is 0 Å². The van der Waals surface area contributed by atoms with Crippen LogP contribution in [0.3, 0.4) is 0 Å². The summed E-state index contributed by atoms with van der Waals surface area (Å²) in [5.74, 6) is 1.63. The van der Waals surface area contributed by atoms with Crippen molar-refractivity contribution in [2.75, 3.05) is 0 Å². The van der Waals surface area contributed by atoms with Crippen LogP contribution in [-0.2, 0) is 35.6 Å². The number of para-hydroxylation sites is 2. The Morgan fingerprint density at radius 3 is 1.90 bits per heavy atom. The summed E-state index contributed by atoms with van der Waals surface area (Å²) in [5.41, 5.74) is 7.47. The predicted octanol–water partition coefficient (Wildman–Crippen LogP) is 15.9. The molecule has 5 nitrogen and oxygen atoms in total. The Hall–Kier alpha value is -6.55. The van der Waals surface area contributed by atoms with Crippen molar-refractivity contribution < 1.29 is 37.8 Å². The molecule has 68 heavy (non-hydrogen) atoms. The number of nitrogens with zero attached hydrogens (tertiary/aromatic N) is 4. The van der Waals surface area contributed by atoms with E-state index in [9.17, 15) is 5.48 Å². The monoisotopic (exact) mass is 1080 g/mol. The summed E-state index contributed by atoms with van der Waals surface area (Å²) in [6, 6.07) is 31.4. The van der Waals surface area contributed by atoms with Gasteiger partial charge in [0.2, 0.25) is 0 Å². The van der Waals surface area contributed by atoms with E-state index in [-0.39, 0.29) is 44.2 Å². The van der Waals surface area contributed by atoms with Crippen LogP contribution >= 0.6 is 0 Å². The molecule has 0 fully saturated rings. The summed E-state index contributed by atoms with van der Waals surface area (Å²) < 4.78 is 103. The van der Waals surface area contributed by atoms with Crippen LogP contribution in [0.1, 0.15) is 98.3 Å². The van der Waals surface area contributed by atoms with Crippen molar-refractivity contribution in [3.05, 3.63) is 196 Å². The zero-order chi connectivity index (χ0) is 56.2. The first kappa shape index (κ1) is 33.8. The van der Waals surface area contributed by atoms with Crippen molar-refractivity contribution in [3.8, 4) is 50.9 Å². The van der Waals surface area contributed by atoms with Gasteiger partial charge >= 0.3 is 333 Å². The van der Waals surface area contributed by atoms with Gasteiger partial charge in [-0.2, -0.15) is 0 Å². The second kappa shape index (κ2) is 15.8. The fourth-order valence-electron chi connectivity index (χ4n) is 10.3. The third-order valence-electron chi connectivity index (χ3n) is 15.0.